The maximum absolute atomic E-state index is 4.77. The largest absolute Gasteiger partial charge is 0.257 e. The third-order valence-electron chi connectivity index (χ3n) is 25.0. The van der Waals surface area contributed by atoms with Gasteiger partial charge in [-0.15, -0.1) is 0 Å². The second-order valence-electron chi connectivity index (χ2n) is 32.7. The number of nitrogens with zero attached hydrogens (tertiary/aromatic N) is 7. The standard InChI is InChI=1S/C16H17N.5C15H15N.C14H13N/c1-9-5-6-14-15(11(9)3)8-13-7-10(2)12(4)17-16(13)14;1-9-4-5-13-12(6-9)8-15-14(13)7-10(2)11(3)16-15;1-9-4-5-12-8-15-14(13(12)6-9)7-10(2)11(3)16-15;1-9-5-4-6-12-13(9)8-15-14(12)7-10(2)11(3)16-15;1-9-5-4-6-12-8-14-13(15(9)12)7-10(2)11(3)16-14;1-9-10(2)15-13-7-5-4-6-12(13)8-14(15)16-11(9)3;1-9-7-13-12-6-4-3-5-11(12)8-14(13)15-10(9)2/h5-7H,8H2,1-4H3;5*4-7H,8H2,1-3H3;3-7H,8H2,1-2H3. The molecule has 7 aliphatic carbocycles. The molecule has 14 aromatic rings. The van der Waals surface area contributed by atoms with E-state index >= 15 is 0 Å². The van der Waals surface area contributed by atoms with Crippen LogP contribution in [0, 0.1) is 145 Å². The van der Waals surface area contributed by atoms with Crippen LogP contribution in [0.15, 0.2) is 170 Å². The summed E-state index contributed by atoms with van der Waals surface area (Å²) in [6.45, 7) is 44.9. The molecule has 0 N–H and O–H groups in total. The summed E-state index contributed by atoms with van der Waals surface area (Å²) in [4.78, 5) is 33.0. The number of hydrogen-bond donors (Lipinski definition) is 0. The maximum atomic E-state index is 4.77. The molecule has 0 fully saturated rings. The van der Waals surface area contributed by atoms with Gasteiger partial charge in [0, 0.05) is 124 Å². The van der Waals surface area contributed by atoms with Crippen LogP contribution < -0.4 is 0 Å². The first-order valence-corrected chi connectivity index (χ1v) is 40.1. The molecule has 0 aliphatic heterocycles. The first-order valence-electron chi connectivity index (χ1n) is 40.1. The number of pyridine rings is 7. The van der Waals surface area contributed by atoms with Crippen LogP contribution in [0.5, 0.6) is 0 Å². The van der Waals surface area contributed by atoms with E-state index in [1.807, 2.05) is 0 Å². The Morgan fingerprint density at radius 1 is 0.188 bits per heavy atom. The third kappa shape index (κ3) is 14.6. The highest BCUT2D eigenvalue weighted by Gasteiger charge is 2.29. The summed E-state index contributed by atoms with van der Waals surface area (Å²) in [7, 11) is 0. The van der Waals surface area contributed by atoms with Crippen LogP contribution in [-0.4, -0.2) is 34.9 Å². The maximum Gasteiger partial charge on any atom is 0.0743 e. The molecule has 112 heavy (non-hydrogen) atoms. The molecule has 0 saturated carbocycles. The summed E-state index contributed by atoms with van der Waals surface area (Å²) in [6.07, 6.45) is 7.01. The van der Waals surface area contributed by atoms with Crippen molar-refractivity contribution >= 4 is 0 Å². The van der Waals surface area contributed by atoms with E-state index in [2.05, 4.69) is 320 Å². The molecular formula is C105H105N7. The lowest BCUT2D eigenvalue weighted by atomic mass is 9.98. The minimum atomic E-state index is 0.992. The van der Waals surface area contributed by atoms with Crippen LogP contribution in [0.2, 0.25) is 0 Å². The van der Waals surface area contributed by atoms with Gasteiger partial charge in [0.15, 0.2) is 0 Å². The number of hydrogen-bond acceptors (Lipinski definition) is 7. The second kappa shape index (κ2) is 30.7. The van der Waals surface area contributed by atoms with Gasteiger partial charge in [0.25, 0.3) is 0 Å². The Hall–Kier alpha value is -11.4. The van der Waals surface area contributed by atoms with Crippen molar-refractivity contribution in [2.45, 2.75) is 190 Å². The molecule has 0 saturated heterocycles. The highest BCUT2D eigenvalue weighted by atomic mass is 14.8. The highest BCUT2D eigenvalue weighted by Crippen LogP contribution is 2.45. The first-order chi connectivity index (χ1) is 53.6. The number of rotatable bonds is 0. The monoisotopic (exact) mass is 1460 g/mol. The van der Waals surface area contributed by atoms with Crippen LogP contribution in [0.3, 0.4) is 0 Å². The fraction of sp³-hybridized carbons (Fsp3) is 0.267. The number of aromatic nitrogens is 7. The molecule has 7 aliphatic rings. The van der Waals surface area contributed by atoms with Gasteiger partial charge in [-0.05, 0) is 320 Å². The molecule has 7 aromatic heterocycles. The van der Waals surface area contributed by atoms with Gasteiger partial charge in [-0.3, -0.25) is 34.9 Å². The first kappa shape index (κ1) is 76.0. The number of benzene rings is 7. The van der Waals surface area contributed by atoms with E-state index in [4.69, 9.17) is 29.9 Å². The summed E-state index contributed by atoms with van der Waals surface area (Å²) in [6, 6.07) is 61.8. The molecule has 0 bridgehead atoms. The molecule has 0 radical (unpaired) electrons. The van der Waals surface area contributed by atoms with Crippen LogP contribution in [0.4, 0.5) is 0 Å². The van der Waals surface area contributed by atoms with Crippen molar-refractivity contribution in [3.05, 3.63) is 366 Å². The van der Waals surface area contributed by atoms with Crippen molar-refractivity contribution in [1.82, 2.24) is 34.9 Å². The third-order valence-corrected chi connectivity index (χ3v) is 25.0. The molecule has 0 spiro atoms. The molecule has 7 heterocycles. The molecular weight excluding hydrogens is 1360 g/mol. The molecule has 7 aromatic carbocycles. The molecule has 0 unspecified atom stereocenters. The Labute approximate surface area is 665 Å². The summed E-state index contributed by atoms with van der Waals surface area (Å²) in [5.41, 5.74) is 64.5. The van der Waals surface area contributed by atoms with Crippen molar-refractivity contribution in [2.24, 2.45) is 0 Å². The van der Waals surface area contributed by atoms with E-state index in [1.165, 1.54) is 240 Å². The van der Waals surface area contributed by atoms with E-state index in [1.54, 1.807) is 0 Å². The Balaban J connectivity index is 0.000000103. The lowest BCUT2D eigenvalue weighted by Crippen LogP contribution is -1.97. The van der Waals surface area contributed by atoms with Crippen LogP contribution in [0.25, 0.3) is 78.0 Å². The molecule has 7 nitrogen and oxygen atoms in total. The van der Waals surface area contributed by atoms with Crippen molar-refractivity contribution in [3.63, 3.8) is 0 Å². The van der Waals surface area contributed by atoms with E-state index in [9.17, 15) is 0 Å². The molecule has 0 atom stereocenters. The van der Waals surface area contributed by atoms with Crippen molar-refractivity contribution < 1.29 is 0 Å². The number of aryl methyl sites for hydroxylation is 18. The van der Waals surface area contributed by atoms with Crippen molar-refractivity contribution in [2.75, 3.05) is 0 Å². The van der Waals surface area contributed by atoms with Gasteiger partial charge in [0.2, 0.25) is 0 Å². The van der Waals surface area contributed by atoms with E-state index in [0.29, 0.717) is 0 Å². The van der Waals surface area contributed by atoms with E-state index in [0.717, 1.165) is 79.1 Å². The normalized spacial score (nSPS) is 12.4. The van der Waals surface area contributed by atoms with Gasteiger partial charge in [0.1, 0.15) is 0 Å². The minimum Gasteiger partial charge on any atom is -0.257 e. The van der Waals surface area contributed by atoms with Gasteiger partial charge >= 0.3 is 0 Å². The lowest BCUT2D eigenvalue weighted by molar-refractivity contribution is 1.04. The average Bonchev–Trinajstić information content (AvgIpc) is 1.64. The zero-order valence-corrected chi connectivity index (χ0v) is 69.7. The summed E-state index contributed by atoms with van der Waals surface area (Å²) >= 11 is 0. The second-order valence-corrected chi connectivity index (χ2v) is 32.7. The SMILES string of the molecule is Cc1cc2c(nc1C)-c1ccc(C)c(C)c1C2.Cc1cc2c(nc1C)Cc1c(C)cccc1-2.Cc1cc2c(nc1C)Cc1cccc(C)c1-2.Cc1cc2c(nc1C)Cc1ccccc1-2.Cc1ccc2c(c1)-c1cc(C)c(C)nc1C2.Cc1ccc2c(c1)Cc1nc(C)c(C)cc1-2.Cc1nc2c(c(C)c1C)-c1ccccc1C2. The smallest absolute Gasteiger partial charge is 0.0743 e. The average molecular weight is 1470 g/mol. The van der Waals surface area contributed by atoms with Gasteiger partial charge in [-0.2, -0.15) is 0 Å². The predicted octanol–water partition coefficient (Wildman–Crippen LogP) is 25.0. The van der Waals surface area contributed by atoms with Crippen molar-refractivity contribution in [3.8, 4) is 78.0 Å². The topological polar surface area (TPSA) is 90.2 Å². The Morgan fingerprint density at radius 3 is 1.21 bits per heavy atom. The Bertz CT molecular complexity index is 6170. The summed E-state index contributed by atoms with van der Waals surface area (Å²) < 4.78 is 0. The Kier molecular flexibility index (Phi) is 20.8. The van der Waals surface area contributed by atoms with Gasteiger partial charge < -0.3 is 0 Å². The highest BCUT2D eigenvalue weighted by molar-refractivity contribution is 5.83. The molecule has 21 rings (SSSR count). The molecule has 0 amide bonds. The van der Waals surface area contributed by atoms with Gasteiger partial charge in [0.05, 0.1) is 39.9 Å². The lowest BCUT2D eigenvalue weighted by Gasteiger charge is -2.10. The predicted molar refractivity (Wildman–Crippen MR) is 467 cm³/mol. The quantitative estimate of drug-likeness (QED) is 0.149. The van der Waals surface area contributed by atoms with Crippen LogP contribution in [-0.2, 0) is 44.9 Å². The Morgan fingerprint density at radius 2 is 0.598 bits per heavy atom. The summed E-state index contributed by atoms with van der Waals surface area (Å²) in [5.74, 6) is 0. The molecule has 560 valence electrons. The van der Waals surface area contributed by atoms with Crippen LogP contribution >= 0.6 is 0 Å². The molecule has 7 heteroatoms. The zero-order chi connectivity index (χ0) is 79.0. The fourth-order valence-corrected chi connectivity index (χ4v) is 17.3. The van der Waals surface area contributed by atoms with E-state index in [-0.39, 0.29) is 0 Å². The minimum absolute atomic E-state index is 0.992. The van der Waals surface area contributed by atoms with Gasteiger partial charge in [-0.25, -0.2) is 0 Å². The number of fused-ring (bicyclic) bond motifs is 21. The zero-order valence-electron chi connectivity index (χ0n) is 69.7. The fourth-order valence-electron chi connectivity index (χ4n) is 17.3. The van der Waals surface area contributed by atoms with Crippen LogP contribution in [0.1, 0.15) is 196 Å². The van der Waals surface area contributed by atoms with E-state index < -0.39 is 0 Å². The van der Waals surface area contributed by atoms with Gasteiger partial charge in [-0.1, -0.05) is 151 Å². The summed E-state index contributed by atoms with van der Waals surface area (Å²) in [5, 5.41) is 0. The van der Waals surface area contributed by atoms with Crippen molar-refractivity contribution in [1.29, 1.82) is 0 Å².